The Balaban J connectivity index is 1.95. The molecule has 7 heteroatoms. The fourth-order valence-corrected chi connectivity index (χ4v) is 2.28. The molecule has 25 heavy (non-hydrogen) atoms. The number of ether oxygens (including phenoxy) is 3. The van der Waals surface area contributed by atoms with Crippen molar-refractivity contribution in [3.05, 3.63) is 42.0 Å². The Kier molecular flexibility index (Phi) is 4.00. The third-order valence-corrected chi connectivity index (χ3v) is 3.21. The van der Waals surface area contributed by atoms with Crippen LogP contribution in [0.2, 0.25) is 0 Å². The van der Waals surface area contributed by atoms with E-state index in [4.69, 9.17) is 14.2 Å². The van der Waals surface area contributed by atoms with E-state index in [0.717, 1.165) is 0 Å². The highest BCUT2D eigenvalue weighted by Gasteiger charge is 2.26. The zero-order valence-corrected chi connectivity index (χ0v) is 14.0. The maximum atomic E-state index is 11.9. The van der Waals surface area contributed by atoms with Crippen molar-refractivity contribution in [2.24, 2.45) is 0 Å². The van der Waals surface area contributed by atoms with Gasteiger partial charge in [-0.1, -0.05) is 12.1 Å². The number of aromatic carboxylic acids is 1. The maximum absolute atomic E-state index is 11.9. The third kappa shape index (κ3) is 3.65. The Bertz CT molecular complexity index is 853. The summed E-state index contributed by atoms with van der Waals surface area (Å²) in [6, 6.07) is 9.69. The van der Waals surface area contributed by atoms with E-state index in [0.29, 0.717) is 11.5 Å². The first kappa shape index (κ1) is 16.6. The Hall–Kier alpha value is -3.22. The lowest BCUT2D eigenvalue weighted by molar-refractivity contribution is 0.0632. The molecule has 2 aromatic carbocycles. The molecule has 1 aliphatic rings. The van der Waals surface area contributed by atoms with Crippen molar-refractivity contribution in [1.82, 2.24) is 0 Å². The number of amides is 1. The first-order valence-corrected chi connectivity index (χ1v) is 7.59. The molecule has 0 aliphatic carbocycles. The Labute approximate surface area is 144 Å². The number of carbonyl (C=O) groups excluding carboxylic acids is 1. The van der Waals surface area contributed by atoms with Gasteiger partial charge in [0.1, 0.15) is 11.2 Å². The molecule has 0 atom stereocenters. The minimum atomic E-state index is -1.20. The molecule has 0 spiro atoms. The lowest BCUT2D eigenvalue weighted by atomic mass is 10.1. The van der Waals surface area contributed by atoms with Gasteiger partial charge >= 0.3 is 12.1 Å². The molecule has 130 valence electrons. The molecular weight excluding hydrogens is 326 g/mol. The van der Waals surface area contributed by atoms with Crippen LogP contribution in [0.5, 0.6) is 23.0 Å². The number of nitrogens with one attached hydrogen (secondary N) is 1. The molecule has 0 fully saturated rings. The van der Waals surface area contributed by atoms with Gasteiger partial charge in [0, 0.05) is 11.8 Å². The average molecular weight is 343 g/mol. The molecule has 0 unspecified atom stereocenters. The van der Waals surface area contributed by atoms with Crippen molar-refractivity contribution in [2.45, 2.75) is 26.4 Å². The van der Waals surface area contributed by atoms with Crippen molar-refractivity contribution in [3.8, 4) is 23.0 Å². The predicted octanol–water partition coefficient (Wildman–Crippen LogP) is 4.63. The highest BCUT2D eigenvalue weighted by Crippen LogP contribution is 2.48. The number of carboxylic acid groups (broad SMARTS) is 1. The largest absolute Gasteiger partial charge is 0.478 e. The summed E-state index contributed by atoms with van der Waals surface area (Å²) in [5.41, 5.74) is -0.571. The lowest BCUT2D eigenvalue weighted by Gasteiger charge is -2.23. The summed E-state index contributed by atoms with van der Waals surface area (Å²) in [6.07, 6.45) is -0.694. The zero-order valence-electron chi connectivity index (χ0n) is 14.0. The molecule has 2 aromatic rings. The quantitative estimate of drug-likeness (QED) is 0.704. The minimum absolute atomic E-state index is 0.0842. The molecule has 1 aliphatic heterocycles. The summed E-state index contributed by atoms with van der Waals surface area (Å²) in [4.78, 5) is 23.5. The molecule has 0 saturated heterocycles. The van der Waals surface area contributed by atoms with Gasteiger partial charge < -0.3 is 19.3 Å². The summed E-state index contributed by atoms with van der Waals surface area (Å²) in [5.74, 6) is -0.0382. The summed E-state index contributed by atoms with van der Waals surface area (Å²) < 4.78 is 16.5. The molecule has 7 nitrogen and oxygen atoms in total. The minimum Gasteiger partial charge on any atom is -0.478 e. The first-order chi connectivity index (χ1) is 11.7. The van der Waals surface area contributed by atoms with Crippen LogP contribution in [0.25, 0.3) is 0 Å². The maximum Gasteiger partial charge on any atom is 0.412 e. The highest BCUT2D eigenvalue weighted by molar-refractivity contribution is 5.96. The summed E-state index contributed by atoms with van der Waals surface area (Å²) >= 11 is 0. The molecule has 3 rings (SSSR count). The average Bonchev–Trinajstić information content (AvgIpc) is 2.50. The Morgan fingerprint density at radius 1 is 1.04 bits per heavy atom. The van der Waals surface area contributed by atoms with E-state index < -0.39 is 17.7 Å². The van der Waals surface area contributed by atoms with Crippen LogP contribution in [0.3, 0.4) is 0 Å². The van der Waals surface area contributed by atoms with E-state index in [2.05, 4.69) is 5.32 Å². The van der Waals surface area contributed by atoms with E-state index in [1.807, 2.05) is 0 Å². The van der Waals surface area contributed by atoms with Gasteiger partial charge in [0.05, 0.1) is 0 Å². The number of rotatable bonds is 2. The van der Waals surface area contributed by atoms with Crippen LogP contribution in [0.1, 0.15) is 31.1 Å². The number of anilines is 1. The van der Waals surface area contributed by atoms with Gasteiger partial charge in [-0.3, -0.25) is 5.32 Å². The highest BCUT2D eigenvalue weighted by atomic mass is 16.6. The van der Waals surface area contributed by atoms with Crippen molar-refractivity contribution in [1.29, 1.82) is 0 Å². The third-order valence-electron chi connectivity index (χ3n) is 3.21. The number of fused-ring (bicyclic) bond motifs is 2. The van der Waals surface area contributed by atoms with Crippen LogP contribution in [0, 0.1) is 0 Å². The molecule has 2 N–H and O–H groups in total. The van der Waals surface area contributed by atoms with Crippen LogP contribution in [0.4, 0.5) is 10.5 Å². The van der Waals surface area contributed by atoms with Gasteiger partial charge in [-0.2, -0.15) is 0 Å². The second kappa shape index (κ2) is 6.01. The fourth-order valence-electron chi connectivity index (χ4n) is 2.28. The smallest absolute Gasteiger partial charge is 0.412 e. The number of benzene rings is 2. The molecule has 1 amide bonds. The molecule has 0 radical (unpaired) electrons. The summed E-state index contributed by atoms with van der Waals surface area (Å²) in [6.45, 7) is 5.20. The number of para-hydroxylation sites is 2. The van der Waals surface area contributed by atoms with E-state index in [1.54, 1.807) is 45.0 Å². The van der Waals surface area contributed by atoms with E-state index in [-0.39, 0.29) is 22.7 Å². The van der Waals surface area contributed by atoms with Crippen molar-refractivity contribution >= 4 is 17.7 Å². The predicted molar refractivity (Wildman–Crippen MR) is 89.8 cm³/mol. The Morgan fingerprint density at radius 3 is 2.28 bits per heavy atom. The van der Waals surface area contributed by atoms with Crippen LogP contribution in [-0.2, 0) is 4.74 Å². The van der Waals surface area contributed by atoms with Gasteiger partial charge in [0.25, 0.3) is 0 Å². The van der Waals surface area contributed by atoms with Gasteiger partial charge in [-0.25, -0.2) is 9.59 Å². The van der Waals surface area contributed by atoms with Gasteiger partial charge in [-0.05, 0) is 39.0 Å². The van der Waals surface area contributed by atoms with Gasteiger partial charge in [-0.15, -0.1) is 0 Å². The van der Waals surface area contributed by atoms with Crippen LogP contribution in [0.15, 0.2) is 36.4 Å². The molecule has 0 bridgehead atoms. The normalized spacial score (nSPS) is 12.1. The standard InChI is InChI=1S/C18H17NO6/c1-18(2,3)25-17(22)19-10-8-11(16(20)21)15-14(9-10)23-12-6-4-5-7-13(12)24-15/h4-9H,1-3H3,(H,19,22)(H,20,21). The first-order valence-electron chi connectivity index (χ1n) is 7.59. The van der Waals surface area contributed by atoms with E-state index >= 15 is 0 Å². The molecular formula is C18H17NO6. The topological polar surface area (TPSA) is 94.1 Å². The SMILES string of the molecule is CC(C)(C)OC(=O)Nc1cc2c(c(C(=O)O)c1)Oc1ccccc1O2. The van der Waals surface area contributed by atoms with Crippen molar-refractivity contribution in [2.75, 3.05) is 5.32 Å². The molecule has 0 aromatic heterocycles. The summed E-state index contributed by atoms with van der Waals surface area (Å²) in [7, 11) is 0. The van der Waals surface area contributed by atoms with Crippen LogP contribution in [-0.4, -0.2) is 22.8 Å². The number of hydrogen-bond acceptors (Lipinski definition) is 5. The summed E-state index contributed by atoms with van der Waals surface area (Å²) in [5, 5.41) is 12.0. The van der Waals surface area contributed by atoms with Crippen LogP contribution >= 0.6 is 0 Å². The van der Waals surface area contributed by atoms with Gasteiger partial charge in [0.2, 0.25) is 0 Å². The second-order valence-corrected chi connectivity index (χ2v) is 6.43. The zero-order chi connectivity index (χ0) is 18.2. The van der Waals surface area contributed by atoms with Crippen LogP contribution < -0.4 is 14.8 Å². The molecule has 1 heterocycles. The van der Waals surface area contributed by atoms with Crippen molar-refractivity contribution in [3.63, 3.8) is 0 Å². The van der Waals surface area contributed by atoms with E-state index in [9.17, 15) is 14.7 Å². The fraction of sp³-hybridized carbons (Fsp3) is 0.222. The number of carbonyl (C=O) groups is 2. The number of carboxylic acids is 1. The Morgan fingerprint density at radius 2 is 1.68 bits per heavy atom. The monoisotopic (exact) mass is 343 g/mol. The lowest BCUT2D eigenvalue weighted by Crippen LogP contribution is -2.27. The second-order valence-electron chi connectivity index (χ2n) is 6.43. The van der Waals surface area contributed by atoms with Crippen molar-refractivity contribution < 1.29 is 28.9 Å². The van der Waals surface area contributed by atoms with E-state index in [1.165, 1.54) is 12.1 Å². The number of hydrogen-bond donors (Lipinski definition) is 2. The molecule has 0 saturated carbocycles. The van der Waals surface area contributed by atoms with Gasteiger partial charge in [0.15, 0.2) is 23.0 Å².